The van der Waals surface area contributed by atoms with Crippen molar-refractivity contribution in [1.29, 1.82) is 0 Å². The summed E-state index contributed by atoms with van der Waals surface area (Å²) in [6.45, 7) is 0. The van der Waals surface area contributed by atoms with Crippen LogP contribution in [-0.4, -0.2) is 22.1 Å². The maximum Gasteiger partial charge on any atom is 0.292 e. The molecule has 1 N–H and O–H groups in total. The zero-order chi connectivity index (χ0) is 16.2. The number of nitrogens with one attached hydrogen (secondary N) is 1. The highest BCUT2D eigenvalue weighted by Crippen LogP contribution is 2.35. The van der Waals surface area contributed by atoms with Gasteiger partial charge in [-0.3, -0.25) is 9.78 Å². The molecule has 3 aromatic rings. The number of thioether (sulfide) groups is 1. The van der Waals surface area contributed by atoms with Gasteiger partial charge in [-0.15, -0.1) is 0 Å². The van der Waals surface area contributed by atoms with Crippen LogP contribution in [0.1, 0.15) is 16.3 Å². The molecule has 0 saturated carbocycles. The van der Waals surface area contributed by atoms with Crippen LogP contribution in [0.4, 0.5) is 5.00 Å². The first-order chi connectivity index (χ1) is 11.2. The van der Waals surface area contributed by atoms with Gasteiger partial charge in [-0.25, -0.2) is 4.98 Å². The van der Waals surface area contributed by atoms with Gasteiger partial charge in [0.1, 0.15) is 15.8 Å². The second-order valence-corrected chi connectivity index (χ2v) is 6.76. The normalized spacial score (nSPS) is 10.7. The Morgan fingerprint density at radius 3 is 3.04 bits per heavy atom. The number of halogens is 1. The predicted molar refractivity (Wildman–Crippen MR) is 94.2 cm³/mol. The Hall–Kier alpha value is -1.83. The van der Waals surface area contributed by atoms with Crippen LogP contribution in [-0.2, 0) is 5.75 Å². The number of carbonyl (C=O) groups excluding carboxylic acids is 1. The van der Waals surface area contributed by atoms with E-state index in [1.165, 1.54) is 11.3 Å². The van der Waals surface area contributed by atoms with Crippen LogP contribution >= 0.6 is 34.7 Å². The molecule has 0 spiro atoms. The summed E-state index contributed by atoms with van der Waals surface area (Å²) >= 11 is 9.03. The van der Waals surface area contributed by atoms with Gasteiger partial charge >= 0.3 is 0 Å². The average Bonchev–Trinajstić information content (AvgIpc) is 3.16. The first-order valence-electron chi connectivity index (χ1n) is 6.63. The molecule has 0 fully saturated rings. The van der Waals surface area contributed by atoms with Crippen molar-refractivity contribution in [3.63, 3.8) is 0 Å². The number of thiazole rings is 1. The first kappa shape index (κ1) is 16.0. The molecule has 0 radical (unpaired) electrons. The van der Waals surface area contributed by atoms with Crippen molar-refractivity contribution in [1.82, 2.24) is 9.97 Å². The minimum absolute atomic E-state index is 0.248. The number of pyridine rings is 1. The topological polar surface area (TPSA) is 68.0 Å². The zero-order valence-electron chi connectivity index (χ0n) is 12.1. The molecule has 3 aromatic heterocycles. The van der Waals surface area contributed by atoms with Crippen molar-refractivity contribution in [3.8, 4) is 10.6 Å². The van der Waals surface area contributed by atoms with Crippen LogP contribution in [0.5, 0.6) is 0 Å². The summed E-state index contributed by atoms with van der Waals surface area (Å²) < 4.78 is 5.49. The molecule has 0 aliphatic rings. The lowest BCUT2D eigenvalue weighted by molar-refractivity contribution is 0.0995. The summed E-state index contributed by atoms with van der Waals surface area (Å²) in [5.74, 6) is 1.39. The lowest BCUT2D eigenvalue weighted by Gasteiger charge is -1.99. The molecule has 5 nitrogen and oxygen atoms in total. The van der Waals surface area contributed by atoms with Crippen molar-refractivity contribution in [2.45, 2.75) is 5.75 Å². The smallest absolute Gasteiger partial charge is 0.292 e. The van der Waals surface area contributed by atoms with Crippen LogP contribution in [0.15, 0.2) is 41.1 Å². The number of anilines is 1. The van der Waals surface area contributed by atoms with E-state index in [9.17, 15) is 4.79 Å². The maximum absolute atomic E-state index is 12.2. The van der Waals surface area contributed by atoms with E-state index in [1.807, 2.05) is 18.4 Å². The highest BCUT2D eigenvalue weighted by atomic mass is 35.5. The van der Waals surface area contributed by atoms with Crippen LogP contribution in [0.2, 0.25) is 5.15 Å². The summed E-state index contributed by atoms with van der Waals surface area (Å²) in [5.41, 5.74) is 0.847. The molecule has 0 saturated heterocycles. The van der Waals surface area contributed by atoms with E-state index in [2.05, 4.69) is 15.3 Å². The van der Waals surface area contributed by atoms with Gasteiger partial charge in [0.15, 0.2) is 10.9 Å². The second kappa shape index (κ2) is 7.16. The van der Waals surface area contributed by atoms with Crippen LogP contribution in [0.3, 0.4) is 0 Å². The number of furan rings is 1. The van der Waals surface area contributed by atoms with Gasteiger partial charge in [0.25, 0.3) is 5.91 Å². The van der Waals surface area contributed by atoms with E-state index in [4.69, 9.17) is 16.0 Å². The van der Waals surface area contributed by atoms with Gasteiger partial charge in [0.2, 0.25) is 0 Å². The van der Waals surface area contributed by atoms with Gasteiger partial charge in [-0.1, -0.05) is 22.9 Å². The maximum atomic E-state index is 12.2. The SMILES string of the molecule is CSCc1ccc(C(=O)Nc2sc(-c3cccnc3)nc2Cl)o1. The number of aromatic nitrogens is 2. The molecule has 0 unspecified atom stereocenters. The number of amides is 1. The molecule has 3 rings (SSSR count). The molecular weight excluding hydrogens is 354 g/mol. The van der Waals surface area contributed by atoms with Gasteiger partial charge < -0.3 is 9.73 Å². The summed E-state index contributed by atoms with van der Waals surface area (Å²) in [5, 5.41) is 4.16. The highest BCUT2D eigenvalue weighted by Gasteiger charge is 2.17. The summed E-state index contributed by atoms with van der Waals surface area (Å²) in [7, 11) is 0. The summed E-state index contributed by atoms with van der Waals surface area (Å²) in [4.78, 5) is 20.5. The lowest BCUT2D eigenvalue weighted by Crippen LogP contribution is -2.10. The quantitative estimate of drug-likeness (QED) is 0.717. The van der Waals surface area contributed by atoms with E-state index < -0.39 is 0 Å². The third kappa shape index (κ3) is 3.74. The number of carbonyl (C=O) groups is 1. The molecule has 118 valence electrons. The standard InChI is InChI=1S/C15H12ClN3O2S2/c1-22-8-10-4-5-11(21-10)13(20)19-15-12(16)18-14(23-15)9-3-2-6-17-7-9/h2-7H,8H2,1H3,(H,19,20). The Morgan fingerprint density at radius 2 is 2.30 bits per heavy atom. The molecule has 8 heteroatoms. The van der Waals surface area contributed by atoms with Crippen molar-refractivity contribution in [3.05, 3.63) is 53.3 Å². The Kier molecular flexibility index (Phi) is 5.00. The fourth-order valence-corrected chi connectivity index (χ4v) is 3.46. The fourth-order valence-electron chi connectivity index (χ4n) is 1.88. The van der Waals surface area contributed by atoms with Crippen LogP contribution < -0.4 is 5.32 Å². The van der Waals surface area contributed by atoms with Gasteiger partial charge in [0.05, 0.1) is 5.75 Å². The van der Waals surface area contributed by atoms with Crippen LogP contribution in [0.25, 0.3) is 10.6 Å². The fraction of sp³-hybridized carbons (Fsp3) is 0.133. The Balaban J connectivity index is 1.77. The average molecular weight is 366 g/mol. The van der Waals surface area contributed by atoms with Gasteiger partial charge in [-0.05, 0) is 30.5 Å². The number of rotatable bonds is 5. The lowest BCUT2D eigenvalue weighted by atomic mass is 10.3. The molecule has 23 heavy (non-hydrogen) atoms. The number of hydrogen-bond donors (Lipinski definition) is 1. The largest absolute Gasteiger partial charge is 0.455 e. The Labute approximate surface area is 146 Å². The van der Waals surface area contributed by atoms with E-state index in [0.717, 1.165) is 17.1 Å². The van der Waals surface area contributed by atoms with E-state index in [0.29, 0.717) is 10.0 Å². The van der Waals surface area contributed by atoms with E-state index >= 15 is 0 Å². The van der Waals surface area contributed by atoms with Crippen molar-refractivity contribution in [2.24, 2.45) is 0 Å². The molecule has 0 aliphatic carbocycles. The van der Waals surface area contributed by atoms with Crippen molar-refractivity contribution < 1.29 is 9.21 Å². The van der Waals surface area contributed by atoms with Crippen molar-refractivity contribution >= 4 is 45.6 Å². The molecule has 0 aliphatic heterocycles. The summed E-state index contributed by atoms with van der Waals surface area (Å²) in [6, 6.07) is 7.15. The minimum atomic E-state index is -0.347. The molecule has 0 atom stereocenters. The Morgan fingerprint density at radius 1 is 1.43 bits per heavy atom. The Bertz CT molecular complexity index is 817. The predicted octanol–water partition coefficient (Wildman–Crippen LogP) is 4.57. The zero-order valence-corrected chi connectivity index (χ0v) is 14.5. The van der Waals surface area contributed by atoms with E-state index in [-0.39, 0.29) is 16.8 Å². The first-order valence-corrected chi connectivity index (χ1v) is 9.22. The highest BCUT2D eigenvalue weighted by molar-refractivity contribution is 7.97. The van der Waals surface area contributed by atoms with Crippen LogP contribution in [0, 0.1) is 0 Å². The third-order valence-electron chi connectivity index (χ3n) is 2.89. The third-order valence-corrected chi connectivity index (χ3v) is 4.87. The second-order valence-electron chi connectivity index (χ2n) is 4.53. The number of nitrogens with zero attached hydrogens (tertiary/aromatic N) is 2. The van der Waals surface area contributed by atoms with E-state index in [1.54, 1.807) is 36.3 Å². The molecule has 3 heterocycles. The monoisotopic (exact) mass is 365 g/mol. The number of hydrogen-bond acceptors (Lipinski definition) is 6. The summed E-state index contributed by atoms with van der Waals surface area (Å²) in [6.07, 6.45) is 5.35. The molecule has 0 aromatic carbocycles. The molecule has 0 bridgehead atoms. The van der Waals surface area contributed by atoms with Gasteiger partial charge in [-0.2, -0.15) is 11.8 Å². The molecular formula is C15H12ClN3O2S2. The molecule has 1 amide bonds. The minimum Gasteiger partial charge on any atom is -0.455 e. The van der Waals surface area contributed by atoms with Crippen molar-refractivity contribution in [2.75, 3.05) is 11.6 Å². The van der Waals surface area contributed by atoms with Gasteiger partial charge in [0, 0.05) is 18.0 Å².